The van der Waals surface area contributed by atoms with Crippen molar-refractivity contribution in [1.29, 1.82) is 0 Å². The summed E-state index contributed by atoms with van der Waals surface area (Å²) in [5, 5.41) is 2.88. The van der Waals surface area contributed by atoms with Crippen LogP contribution in [-0.4, -0.2) is 31.0 Å². The first kappa shape index (κ1) is 15.4. The maximum atomic E-state index is 11.7. The van der Waals surface area contributed by atoms with Gasteiger partial charge in [-0.3, -0.25) is 4.79 Å². The molecule has 0 fully saturated rings. The number of hydrogen-bond donors (Lipinski definition) is 1. The van der Waals surface area contributed by atoms with E-state index in [1.165, 1.54) is 0 Å². The van der Waals surface area contributed by atoms with Crippen molar-refractivity contribution < 1.29 is 4.79 Å². The van der Waals surface area contributed by atoms with Crippen LogP contribution in [0.3, 0.4) is 0 Å². The Hall–Kier alpha value is -0.620. The highest BCUT2D eigenvalue weighted by Gasteiger charge is 2.11. The first-order valence-corrected chi connectivity index (χ1v) is 7.27. The molecule has 0 aliphatic carbocycles. The van der Waals surface area contributed by atoms with Gasteiger partial charge in [0.15, 0.2) is 0 Å². The number of aromatic nitrogens is 1. The molecule has 4 nitrogen and oxygen atoms in total. The van der Waals surface area contributed by atoms with Crippen molar-refractivity contribution in [2.45, 2.75) is 13.8 Å². The monoisotopic (exact) mass is 377 g/mol. The Labute approximate surface area is 124 Å². The fraction of sp³-hybridized carbons (Fsp3) is 0.500. The summed E-state index contributed by atoms with van der Waals surface area (Å²) in [4.78, 5) is 17.8. The molecule has 100 valence electrons. The van der Waals surface area contributed by atoms with E-state index < -0.39 is 0 Å². The molecule has 0 atom stereocenters. The Balaban J connectivity index is 2.59. The first-order valence-electron chi connectivity index (χ1n) is 5.69. The number of carbonyl (C=O) groups excluding carboxylic acids is 1. The Kier molecular flexibility index (Phi) is 6.08. The number of nitrogens with one attached hydrogen (secondary N) is 1. The zero-order valence-electron chi connectivity index (χ0n) is 10.7. The summed E-state index contributed by atoms with van der Waals surface area (Å²) >= 11 is 6.78. The van der Waals surface area contributed by atoms with Crippen molar-refractivity contribution in [1.82, 2.24) is 10.3 Å². The molecule has 0 saturated heterocycles. The van der Waals surface area contributed by atoms with Gasteiger partial charge in [0.25, 0.3) is 0 Å². The largest absolute Gasteiger partial charge is 0.354 e. The molecule has 0 radical (unpaired) electrons. The highest BCUT2D eigenvalue weighted by Crippen LogP contribution is 2.25. The van der Waals surface area contributed by atoms with Gasteiger partial charge in [-0.1, -0.05) is 13.8 Å². The third-order valence-electron chi connectivity index (χ3n) is 2.24. The summed E-state index contributed by atoms with van der Waals surface area (Å²) < 4.78 is 1.76. The van der Waals surface area contributed by atoms with Gasteiger partial charge in [-0.25, -0.2) is 4.98 Å². The number of pyridine rings is 1. The lowest BCUT2D eigenvalue weighted by atomic mass is 10.2. The first-order chi connectivity index (χ1) is 8.40. The van der Waals surface area contributed by atoms with E-state index in [0.717, 1.165) is 14.8 Å². The van der Waals surface area contributed by atoms with Crippen LogP contribution in [0.2, 0.25) is 0 Å². The number of halogens is 2. The molecule has 0 aliphatic heterocycles. The van der Waals surface area contributed by atoms with E-state index in [1.54, 1.807) is 6.20 Å². The maximum absolute atomic E-state index is 11.7. The normalized spacial score (nSPS) is 10.6. The lowest BCUT2D eigenvalue weighted by molar-refractivity contribution is -0.119. The molecule has 0 saturated carbocycles. The van der Waals surface area contributed by atoms with Gasteiger partial charge in [0.2, 0.25) is 5.91 Å². The Morgan fingerprint density at radius 1 is 1.50 bits per heavy atom. The van der Waals surface area contributed by atoms with E-state index in [9.17, 15) is 4.79 Å². The summed E-state index contributed by atoms with van der Waals surface area (Å²) in [7, 11) is 1.84. The van der Waals surface area contributed by atoms with E-state index in [2.05, 4.69) is 56.0 Å². The maximum Gasteiger partial charge on any atom is 0.239 e. The number of nitrogens with zero attached hydrogens (tertiary/aromatic N) is 2. The Morgan fingerprint density at radius 2 is 2.17 bits per heavy atom. The zero-order chi connectivity index (χ0) is 13.7. The van der Waals surface area contributed by atoms with Crippen LogP contribution in [0.1, 0.15) is 13.8 Å². The van der Waals surface area contributed by atoms with Gasteiger partial charge in [0.1, 0.15) is 5.82 Å². The number of anilines is 1. The SMILES string of the molecule is CC(C)CNC(=O)CN(C)c1ncc(Br)cc1Br. The van der Waals surface area contributed by atoms with Gasteiger partial charge in [0.05, 0.1) is 11.0 Å². The number of carbonyl (C=O) groups is 1. The summed E-state index contributed by atoms with van der Waals surface area (Å²) in [5.41, 5.74) is 0. The van der Waals surface area contributed by atoms with Crippen molar-refractivity contribution >= 4 is 43.6 Å². The van der Waals surface area contributed by atoms with E-state index >= 15 is 0 Å². The van der Waals surface area contributed by atoms with Crippen molar-refractivity contribution in [3.05, 3.63) is 21.2 Å². The third kappa shape index (κ3) is 4.94. The molecule has 1 aromatic heterocycles. The summed E-state index contributed by atoms with van der Waals surface area (Å²) in [6, 6.07) is 1.91. The van der Waals surface area contributed by atoms with Crippen LogP contribution in [0, 0.1) is 5.92 Å². The minimum atomic E-state index is 0.00261. The molecule has 6 heteroatoms. The van der Waals surface area contributed by atoms with E-state index in [-0.39, 0.29) is 5.91 Å². The minimum absolute atomic E-state index is 0.00261. The molecular weight excluding hydrogens is 362 g/mol. The second-order valence-electron chi connectivity index (χ2n) is 4.51. The predicted octanol–water partition coefficient (Wildman–Crippen LogP) is 2.82. The number of rotatable bonds is 5. The molecule has 0 bridgehead atoms. The average Bonchev–Trinajstić information content (AvgIpc) is 2.26. The molecule has 0 aliphatic rings. The molecule has 0 unspecified atom stereocenters. The van der Waals surface area contributed by atoms with E-state index in [0.29, 0.717) is 19.0 Å². The molecule has 1 amide bonds. The van der Waals surface area contributed by atoms with Crippen molar-refractivity contribution in [2.24, 2.45) is 5.92 Å². The molecule has 0 spiro atoms. The number of hydrogen-bond acceptors (Lipinski definition) is 3. The second-order valence-corrected chi connectivity index (χ2v) is 6.28. The van der Waals surface area contributed by atoms with Crippen LogP contribution in [0.4, 0.5) is 5.82 Å². The Bertz CT molecular complexity index is 424. The standard InChI is InChI=1S/C12H17Br2N3O/c1-8(2)5-15-11(18)7-17(3)12-10(14)4-9(13)6-16-12/h4,6,8H,5,7H2,1-3H3,(H,15,18). The van der Waals surface area contributed by atoms with E-state index in [1.807, 2.05) is 18.0 Å². The molecule has 1 rings (SSSR count). The van der Waals surface area contributed by atoms with Gasteiger partial charge in [-0.2, -0.15) is 0 Å². The van der Waals surface area contributed by atoms with Crippen molar-refractivity contribution in [3.63, 3.8) is 0 Å². The minimum Gasteiger partial charge on any atom is -0.354 e. The zero-order valence-corrected chi connectivity index (χ0v) is 13.9. The van der Waals surface area contributed by atoms with Crippen LogP contribution < -0.4 is 10.2 Å². The quantitative estimate of drug-likeness (QED) is 0.856. The Morgan fingerprint density at radius 3 is 2.72 bits per heavy atom. The highest BCUT2D eigenvalue weighted by atomic mass is 79.9. The van der Waals surface area contributed by atoms with Crippen LogP contribution in [0.5, 0.6) is 0 Å². The fourth-order valence-electron chi connectivity index (χ4n) is 1.35. The summed E-state index contributed by atoms with van der Waals surface area (Å²) in [6.07, 6.45) is 1.71. The lowest BCUT2D eigenvalue weighted by Gasteiger charge is -2.19. The molecule has 18 heavy (non-hydrogen) atoms. The predicted molar refractivity (Wildman–Crippen MR) is 80.8 cm³/mol. The summed E-state index contributed by atoms with van der Waals surface area (Å²) in [6.45, 7) is 5.12. The molecule has 1 aromatic rings. The third-order valence-corrected chi connectivity index (χ3v) is 3.26. The summed E-state index contributed by atoms with van der Waals surface area (Å²) in [5.74, 6) is 1.21. The molecule has 0 aromatic carbocycles. The van der Waals surface area contributed by atoms with Crippen LogP contribution >= 0.6 is 31.9 Å². The van der Waals surface area contributed by atoms with Gasteiger partial charge in [-0.05, 0) is 43.8 Å². The van der Waals surface area contributed by atoms with Gasteiger partial charge < -0.3 is 10.2 Å². The van der Waals surface area contributed by atoms with Crippen molar-refractivity contribution in [3.8, 4) is 0 Å². The lowest BCUT2D eigenvalue weighted by Crippen LogP contribution is -2.37. The van der Waals surface area contributed by atoms with Crippen LogP contribution in [-0.2, 0) is 4.79 Å². The van der Waals surface area contributed by atoms with Gasteiger partial charge in [-0.15, -0.1) is 0 Å². The van der Waals surface area contributed by atoms with Gasteiger partial charge in [0, 0.05) is 24.3 Å². The molecule has 1 heterocycles. The molecular formula is C12H17Br2N3O. The highest BCUT2D eigenvalue weighted by molar-refractivity contribution is 9.11. The smallest absolute Gasteiger partial charge is 0.239 e. The topological polar surface area (TPSA) is 45.2 Å². The van der Waals surface area contributed by atoms with Gasteiger partial charge >= 0.3 is 0 Å². The van der Waals surface area contributed by atoms with Crippen LogP contribution in [0.15, 0.2) is 21.2 Å². The van der Waals surface area contributed by atoms with Crippen molar-refractivity contribution in [2.75, 3.05) is 25.0 Å². The second kappa shape index (κ2) is 7.09. The van der Waals surface area contributed by atoms with E-state index in [4.69, 9.17) is 0 Å². The molecule has 1 N–H and O–H groups in total. The average molecular weight is 379 g/mol. The van der Waals surface area contributed by atoms with Crippen LogP contribution in [0.25, 0.3) is 0 Å². The number of likely N-dealkylation sites (N-methyl/N-ethyl adjacent to an activating group) is 1. The number of amides is 1. The fourth-order valence-corrected chi connectivity index (χ4v) is 2.64.